The van der Waals surface area contributed by atoms with Crippen molar-refractivity contribution in [3.05, 3.63) is 22.1 Å². The first-order valence-electron chi connectivity index (χ1n) is 2.60. The van der Waals surface area contributed by atoms with Gasteiger partial charge in [-0.2, -0.15) is 0 Å². The van der Waals surface area contributed by atoms with Crippen molar-refractivity contribution in [1.82, 2.24) is 5.43 Å². The van der Waals surface area contributed by atoms with E-state index in [0.717, 1.165) is 6.26 Å². The Kier molecular flexibility index (Phi) is 2.38. The fourth-order valence-electron chi connectivity index (χ4n) is 0.541. The van der Waals surface area contributed by atoms with Crippen LogP contribution >= 0.6 is 23.2 Å². The number of amides is 1. The quantitative estimate of drug-likeness (QED) is 0.401. The molecule has 0 saturated heterocycles. The lowest BCUT2D eigenvalue weighted by molar-refractivity contribution is 0.0926. The summed E-state index contributed by atoms with van der Waals surface area (Å²) in [7, 11) is 0. The molecular weight excluding hydrogens is 191 g/mol. The Morgan fingerprint density at radius 1 is 1.64 bits per heavy atom. The molecule has 0 bridgehead atoms. The molecule has 0 fully saturated rings. The summed E-state index contributed by atoms with van der Waals surface area (Å²) < 4.78 is 4.69. The highest BCUT2D eigenvalue weighted by molar-refractivity contribution is 6.43. The Morgan fingerprint density at radius 3 is 2.64 bits per heavy atom. The molecule has 0 atom stereocenters. The maximum atomic E-state index is 10.8. The third-order valence-electron chi connectivity index (χ3n) is 1.03. The van der Waals surface area contributed by atoms with Gasteiger partial charge in [0.25, 0.3) is 0 Å². The number of hydrogen-bond donors (Lipinski definition) is 2. The van der Waals surface area contributed by atoms with E-state index in [1.165, 1.54) is 0 Å². The van der Waals surface area contributed by atoms with Gasteiger partial charge >= 0.3 is 5.91 Å². The van der Waals surface area contributed by atoms with E-state index in [9.17, 15) is 4.79 Å². The van der Waals surface area contributed by atoms with Gasteiger partial charge in [-0.15, -0.1) is 0 Å². The van der Waals surface area contributed by atoms with Gasteiger partial charge in [0, 0.05) is 0 Å². The molecule has 60 valence electrons. The lowest BCUT2D eigenvalue weighted by Gasteiger charge is -1.92. The van der Waals surface area contributed by atoms with Crippen molar-refractivity contribution in [1.29, 1.82) is 0 Å². The summed E-state index contributed by atoms with van der Waals surface area (Å²) in [6, 6.07) is 0. The van der Waals surface area contributed by atoms with Crippen LogP contribution in [0.2, 0.25) is 10.0 Å². The topological polar surface area (TPSA) is 68.3 Å². The minimum Gasteiger partial charge on any atom is -0.456 e. The second kappa shape index (κ2) is 3.13. The lowest BCUT2D eigenvalue weighted by atomic mass is 10.4. The van der Waals surface area contributed by atoms with Crippen LogP contribution in [0.4, 0.5) is 0 Å². The molecule has 4 nitrogen and oxygen atoms in total. The number of nitrogens with two attached hydrogens (primary N) is 1. The molecule has 1 heterocycles. The summed E-state index contributed by atoms with van der Waals surface area (Å²) in [5.74, 6) is 4.13. The number of hydrogen-bond acceptors (Lipinski definition) is 3. The molecule has 0 saturated carbocycles. The second-order valence-electron chi connectivity index (χ2n) is 1.70. The maximum absolute atomic E-state index is 10.8. The molecule has 11 heavy (non-hydrogen) atoms. The summed E-state index contributed by atoms with van der Waals surface area (Å²) >= 11 is 11.0. The zero-order valence-electron chi connectivity index (χ0n) is 5.23. The van der Waals surface area contributed by atoms with E-state index in [-0.39, 0.29) is 15.8 Å². The van der Waals surface area contributed by atoms with Crippen LogP contribution < -0.4 is 11.3 Å². The van der Waals surface area contributed by atoms with Crippen molar-refractivity contribution < 1.29 is 9.21 Å². The van der Waals surface area contributed by atoms with E-state index < -0.39 is 5.91 Å². The fourth-order valence-corrected chi connectivity index (χ4v) is 0.847. The van der Waals surface area contributed by atoms with Gasteiger partial charge in [0.1, 0.15) is 11.3 Å². The van der Waals surface area contributed by atoms with E-state index >= 15 is 0 Å². The molecule has 1 rings (SSSR count). The standard InChI is InChI=1S/C5H4Cl2N2O2/c6-2-1-11-4(3(2)7)5(10)9-8/h1H,8H2,(H,9,10). The Balaban J connectivity index is 3.04. The second-order valence-corrected chi connectivity index (χ2v) is 2.49. The number of halogens is 2. The Labute approximate surface area is 72.2 Å². The number of nitrogens with one attached hydrogen (secondary N) is 1. The molecule has 3 N–H and O–H groups in total. The first-order chi connectivity index (χ1) is 5.16. The van der Waals surface area contributed by atoms with Crippen molar-refractivity contribution in [3.8, 4) is 0 Å². The fraction of sp³-hybridized carbons (Fsp3) is 0. The average molecular weight is 195 g/mol. The van der Waals surface area contributed by atoms with Gasteiger partial charge in [-0.25, -0.2) is 5.84 Å². The molecular formula is C5H4Cl2N2O2. The number of hydrazine groups is 1. The predicted octanol–water partition coefficient (Wildman–Crippen LogP) is 1.19. The SMILES string of the molecule is NNC(=O)c1occ(Cl)c1Cl. The predicted molar refractivity (Wildman–Crippen MR) is 40.4 cm³/mol. The number of carbonyl (C=O) groups excluding carboxylic acids is 1. The molecule has 0 aliphatic carbocycles. The van der Waals surface area contributed by atoms with Crippen molar-refractivity contribution in [3.63, 3.8) is 0 Å². The summed E-state index contributed by atoms with van der Waals surface area (Å²) in [5.41, 5.74) is 1.86. The summed E-state index contributed by atoms with van der Waals surface area (Å²) in [5, 5.41) is 0.250. The third-order valence-corrected chi connectivity index (χ3v) is 1.78. The van der Waals surface area contributed by atoms with Crippen LogP contribution in [0.5, 0.6) is 0 Å². The van der Waals surface area contributed by atoms with E-state index in [0.29, 0.717) is 0 Å². The first kappa shape index (κ1) is 8.39. The van der Waals surface area contributed by atoms with Gasteiger partial charge < -0.3 is 4.42 Å². The van der Waals surface area contributed by atoms with Crippen molar-refractivity contribution in [2.75, 3.05) is 0 Å². The van der Waals surface area contributed by atoms with Gasteiger partial charge in [-0.3, -0.25) is 10.2 Å². The van der Waals surface area contributed by atoms with Gasteiger partial charge in [0.05, 0.1) is 5.02 Å². The molecule has 0 aromatic carbocycles. The molecule has 0 radical (unpaired) electrons. The van der Waals surface area contributed by atoms with Crippen LogP contribution in [-0.4, -0.2) is 5.91 Å². The summed E-state index contributed by atoms with van der Waals surface area (Å²) in [4.78, 5) is 10.8. The zero-order valence-corrected chi connectivity index (χ0v) is 6.74. The van der Waals surface area contributed by atoms with Crippen LogP contribution in [0.3, 0.4) is 0 Å². The number of carbonyl (C=O) groups is 1. The Bertz CT molecular complexity index is 284. The number of rotatable bonds is 1. The van der Waals surface area contributed by atoms with E-state index in [4.69, 9.17) is 33.5 Å². The van der Waals surface area contributed by atoms with E-state index in [2.05, 4.69) is 0 Å². The van der Waals surface area contributed by atoms with Crippen LogP contribution in [0.15, 0.2) is 10.7 Å². The Hall–Kier alpha value is -0.710. The number of nitrogen functional groups attached to an aromatic ring is 1. The van der Waals surface area contributed by atoms with Gasteiger partial charge in [-0.1, -0.05) is 23.2 Å². The average Bonchev–Trinajstić information content (AvgIpc) is 2.32. The van der Waals surface area contributed by atoms with Gasteiger partial charge in [0.15, 0.2) is 0 Å². The normalized spacial score (nSPS) is 9.73. The molecule has 1 amide bonds. The monoisotopic (exact) mass is 194 g/mol. The van der Waals surface area contributed by atoms with Crippen LogP contribution in [0, 0.1) is 0 Å². The minimum absolute atomic E-state index is 0.0645. The molecule has 1 aromatic rings. The summed E-state index contributed by atoms with van der Waals surface area (Å²) in [6.07, 6.45) is 1.16. The molecule has 0 aliphatic rings. The van der Waals surface area contributed by atoms with Crippen molar-refractivity contribution in [2.45, 2.75) is 0 Å². The van der Waals surface area contributed by atoms with Crippen LogP contribution in [-0.2, 0) is 0 Å². The van der Waals surface area contributed by atoms with E-state index in [1.54, 1.807) is 0 Å². The maximum Gasteiger partial charge on any atom is 0.302 e. The van der Waals surface area contributed by atoms with Crippen molar-refractivity contribution >= 4 is 29.1 Å². The summed E-state index contributed by atoms with van der Waals surface area (Å²) in [6.45, 7) is 0. The highest BCUT2D eigenvalue weighted by atomic mass is 35.5. The Morgan fingerprint density at radius 2 is 2.27 bits per heavy atom. The van der Waals surface area contributed by atoms with Crippen LogP contribution in [0.1, 0.15) is 10.6 Å². The third kappa shape index (κ3) is 1.48. The highest BCUT2D eigenvalue weighted by Gasteiger charge is 2.16. The number of furan rings is 1. The molecule has 6 heteroatoms. The van der Waals surface area contributed by atoms with Crippen molar-refractivity contribution in [2.24, 2.45) is 5.84 Å². The highest BCUT2D eigenvalue weighted by Crippen LogP contribution is 2.27. The van der Waals surface area contributed by atoms with Gasteiger partial charge in [-0.05, 0) is 0 Å². The largest absolute Gasteiger partial charge is 0.456 e. The van der Waals surface area contributed by atoms with Gasteiger partial charge in [0.2, 0.25) is 5.76 Å². The zero-order chi connectivity index (χ0) is 8.43. The molecule has 0 unspecified atom stereocenters. The molecule has 0 spiro atoms. The first-order valence-corrected chi connectivity index (χ1v) is 3.36. The molecule has 0 aliphatic heterocycles. The van der Waals surface area contributed by atoms with E-state index in [1.807, 2.05) is 5.43 Å². The molecule has 1 aromatic heterocycles. The minimum atomic E-state index is -0.609. The smallest absolute Gasteiger partial charge is 0.302 e. The van der Waals surface area contributed by atoms with Crippen LogP contribution in [0.25, 0.3) is 0 Å². The lowest BCUT2D eigenvalue weighted by Crippen LogP contribution is -2.29.